The summed E-state index contributed by atoms with van der Waals surface area (Å²) in [4.78, 5) is 39.5. The third kappa shape index (κ3) is 3.05. The molecule has 144 valence electrons. The molecule has 26 heavy (non-hydrogen) atoms. The zero-order chi connectivity index (χ0) is 19.3. The van der Waals surface area contributed by atoms with Crippen LogP contribution in [0, 0.1) is 5.41 Å². The summed E-state index contributed by atoms with van der Waals surface area (Å²) in [6.07, 6.45) is -1.44. The molecule has 8 heteroatoms. The molecule has 2 amide bonds. The van der Waals surface area contributed by atoms with Crippen molar-refractivity contribution in [2.24, 2.45) is 5.41 Å². The molecule has 2 saturated heterocycles. The molecule has 0 radical (unpaired) electrons. The third-order valence-corrected chi connectivity index (χ3v) is 5.32. The van der Waals surface area contributed by atoms with Crippen molar-refractivity contribution >= 4 is 18.0 Å². The summed E-state index contributed by atoms with van der Waals surface area (Å²) in [7, 11) is 0. The van der Waals surface area contributed by atoms with Gasteiger partial charge in [0.2, 0.25) is 5.91 Å². The Labute approximate surface area is 152 Å². The first-order valence-electron chi connectivity index (χ1n) is 8.86. The van der Waals surface area contributed by atoms with E-state index in [1.54, 1.807) is 27.7 Å². The largest absolute Gasteiger partial charge is 0.456 e. The minimum atomic E-state index is -1.47. The van der Waals surface area contributed by atoms with E-state index in [0.717, 1.165) is 0 Å². The van der Waals surface area contributed by atoms with Gasteiger partial charge in [-0.2, -0.15) is 0 Å². The summed E-state index contributed by atoms with van der Waals surface area (Å²) in [5.74, 6) is -0.758. The van der Waals surface area contributed by atoms with Gasteiger partial charge in [0.15, 0.2) is 0 Å². The van der Waals surface area contributed by atoms with E-state index >= 15 is 4.39 Å². The molecule has 2 fully saturated rings. The number of piperidine rings is 1. The average molecular weight is 368 g/mol. The van der Waals surface area contributed by atoms with Gasteiger partial charge in [0.1, 0.15) is 18.4 Å². The van der Waals surface area contributed by atoms with E-state index in [1.807, 2.05) is 0 Å². The molecule has 1 spiro atoms. The molecule has 0 N–H and O–H groups in total. The van der Waals surface area contributed by atoms with Crippen LogP contribution < -0.4 is 0 Å². The molecular formula is C18H25FN2O5. The Balaban J connectivity index is 1.72. The quantitative estimate of drug-likeness (QED) is 0.662. The Hall–Kier alpha value is -2.12. The van der Waals surface area contributed by atoms with Gasteiger partial charge in [-0.3, -0.25) is 4.79 Å². The third-order valence-electron chi connectivity index (χ3n) is 5.32. The van der Waals surface area contributed by atoms with E-state index in [2.05, 4.69) is 0 Å². The Kier molecular flexibility index (Phi) is 4.48. The molecular weight excluding hydrogens is 343 g/mol. The van der Waals surface area contributed by atoms with Gasteiger partial charge in [-0.15, -0.1) is 0 Å². The number of likely N-dealkylation sites (tertiary alicyclic amines) is 2. The van der Waals surface area contributed by atoms with Crippen LogP contribution in [0.25, 0.3) is 0 Å². The number of ether oxygens (including phenoxy) is 2. The summed E-state index contributed by atoms with van der Waals surface area (Å²) in [5.41, 5.74) is -0.871. The second-order valence-electron chi connectivity index (χ2n) is 8.15. The van der Waals surface area contributed by atoms with Crippen molar-refractivity contribution in [1.29, 1.82) is 0 Å². The minimum Gasteiger partial charge on any atom is -0.456 e. The van der Waals surface area contributed by atoms with Crippen molar-refractivity contribution in [3.8, 4) is 0 Å². The molecule has 7 nitrogen and oxygen atoms in total. The van der Waals surface area contributed by atoms with Gasteiger partial charge in [-0.1, -0.05) is 0 Å². The second-order valence-corrected chi connectivity index (χ2v) is 8.15. The molecule has 0 bridgehead atoms. The Morgan fingerprint density at radius 1 is 1.27 bits per heavy atom. The van der Waals surface area contributed by atoms with Crippen LogP contribution in [0.15, 0.2) is 11.3 Å². The first kappa shape index (κ1) is 18.7. The van der Waals surface area contributed by atoms with E-state index in [-0.39, 0.29) is 32.0 Å². The number of hydrogen-bond acceptors (Lipinski definition) is 5. The van der Waals surface area contributed by atoms with Gasteiger partial charge in [-0.05, 0) is 40.5 Å². The highest BCUT2D eigenvalue weighted by molar-refractivity contribution is 5.94. The van der Waals surface area contributed by atoms with Crippen LogP contribution in [0.2, 0.25) is 0 Å². The highest BCUT2D eigenvalue weighted by atomic mass is 19.1. The first-order chi connectivity index (χ1) is 12.0. The van der Waals surface area contributed by atoms with Gasteiger partial charge in [-0.25, -0.2) is 14.0 Å². The van der Waals surface area contributed by atoms with Gasteiger partial charge >= 0.3 is 12.1 Å². The van der Waals surface area contributed by atoms with E-state index in [1.165, 1.54) is 9.80 Å². The lowest BCUT2D eigenvalue weighted by Crippen LogP contribution is -2.54. The van der Waals surface area contributed by atoms with Crippen molar-refractivity contribution in [2.45, 2.75) is 52.3 Å². The molecule has 3 aliphatic heterocycles. The van der Waals surface area contributed by atoms with E-state index < -0.39 is 29.3 Å². The van der Waals surface area contributed by atoms with Crippen molar-refractivity contribution in [3.63, 3.8) is 0 Å². The van der Waals surface area contributed by atoms with Crippen molar-refractivity contribution in [3.05, 3.63) is 11.3 Å². The summed E-state index contributed by atoms with van der Waals surface area (Å²) in [6, 6.07) is 0. The van der Waals surface area contributed by atoms with Crippen molar-refractivity contribution in [2.75, 3.05) is 26.2 Å². The number of cyclic esters (lactones) is 1. The van der Waals surface area contributed by atoms with Crippen LogP contribution in [-0.4, -0.2) is 65.8 Å². The zero-order valence-corrected chi connectivity index (χ0v) is 15.6. The lowest BCUT2D eigenvalue weighted by Gasteiger charge is -2.40. The fraction of sp³-hybridized carbons (Fsp3) is 0.722. The van der Waals surface area contributed by atoms with Crippen LogP contribution in [0.3, 0.4) is 0 Å². The Morgan fingerprint density at radius 2 is 1.92 bits per heavy atom. The standard InChI is InChI=1S/C18H25FN2O5/c1-11-12(10-25-14(11)22)21-8-6-18(15(21)23)5-7-20(9-13(18)19)16(24)26-17(2,3)4/h13H,5-10H2,1-4H3/t13-,18+/m0/s1. The number of amides is 2. The number of hydrogen-bond donors (Lipinski definition) is 0. The average Bonchev–Trinajstić information content (AvgIpc) is 3.03. The molecule has 0 aromatic carbocycles. The highest BCUT2D eigenvalue weighted by Gasteiger charge is 2.56. The molecule has 0 unspecified atom stereocenters. The highest BCUT2D eigenvalue weighted by Crippen LogP contribution is 2.45. The number of carbonyl (C=O) groups excluding carboxylic acids is 3. The van der Waals surface area contributed by atoms with Gasteiger partial charge in [0.05, 0.1) is 23.2 Å². The molecule has 0 aliphatic carbocycles. The van der Waals surface area contributed by atoms with Gasteiger partial charge < -0.3 is 19.3 Å². The molecule has 0 saturated carbocycles. The Bertz CT molecular complexity index is 684. The monoisotopic (exact) mass is 368 g/mol. The predicted octanol–water partition coefficient (Wildman–Crippen LogP) is 2.01. The first-order valence-corrected chi connectivity index (χ1v) is 8.86. The molecule has 0 aromatic heterocycles. The maximum absolute atomic E-state index is 15.1. The number of carbonyl (C=O) groups is 3. The summed E-state index contributed by atoms with van der Waals surface area (Å²) in [5, 5.41) is 0. The summed E-state index contributed by atoms with van der Waals surface area (Å²) in [6.45, 7) is 7.38. The number of alkyl halides is 1. The number of halogens is 1. The number of nitrogens with zero attached hydrogens (tertiary/aromatic N) is 2. The topological polar surface area (TPSA) is 76.2 Å². The number of esters is 1. The lowest BCUT2D eigenvalue weighted by atomic mass is 9.75. The van der Waals surface area contributed by atoms with Crippen molar-refractivity contribution < 1.29 is 28.2 Å². The van der Waals surface area contributed by atoms with Crippen LogP contribution in [0.4, 0.5) is 9.18 Å². The maximum atomic E-state index is 15.1. The normalized spacial score (nSPS) is 29.7. The van der Waals surface area contributed by atoms with E-state index in [9.17, 15) is 14.4 Å². The lowest BCUT2D eigenvalue weighted by molar-refractivity contribution is -0.142. The molecule has 3 aliphatic rings. The zero-order valence-electron chi connectivity index (χ0n) is 15.6. The van der Waals surface area contributed by atoms with Crippen LogP contribution in [0.1, 0.15) is 40.5 Å². The fourth-order valence-electron chi connectivity index (χ4n) is 3.76. The van der Waals surface area contributed by atoms with E-state index in [0.29, 0.717) is 24.2 Å². The number of rotatable bonds is 1. The smallest absolute Gasteiger partial charge is 0.410 e. The molecule has 0 aromatic rings. The van der Waals surface area contributed by atoms with Gasteiger partial charge in [0, 0.05) is 13.1 Å². The summed E-state index contributed by atoms with van der Waals surface area (Å²) >= 11 is 0. The molecule has 3 heterocycles. The second kappa shape index (κ2) is 6.25. The van der Waals surface area contributed by atoms with Crippen molar-refractivity contribution in [1.82, 2.24) is 9.80 Å². The maximum Gasteiger partial charge on any atom is 0.410 e. The SMILES string of the molecule is CC1=C(N2CC[C@@]3(CCN(C(=O)OC(C)(C)C)C[C@@H]3F)C2=O)COC1=O. The van der Waals surface area contributed by atoms with Crippen LogP contribution in [0.5, 0.6) is 0 Å². The van der Waals surface area contributed by atoms with Gasteiger partial charge in [0.25, 0.3) is 0 Å². The predicted molar refractivity (Wildman–Crippen MR) is 89.7 cm³/mol. The molecule has 3 rings (SSSR count). The summed E-state index contributed by atoms with van der Waals surface area (Å²) < 4.78 is 25.3. The Morgan fingerprint density at radius 3 is 2.46 bits per heavy atom. The van der Waals surface area contributed by atoms with Crippen LogP contribution in [-0.2, 0) is 19.1 Å². The fourth-order valence-corrected chi connectivity index (χ4v) is 3.76. The van der Waals surface area contributed by atoms with Crippen LogP contribution >= 0.6 is 0 Å². The molecule has 2 atom stereocenters. The minimum absolute atomic E-state index is 0.0491. The van der Waals surface area contributed by atoms with E-state index in [4.69, 9.17) is 9.47 Å².